The number of nitro groups is 1. The normalized spacial score (nSPS) is 10.2. The van der Waals surface area contributed by atoms with Crippen LogP contribution in [0, 0.1) is 10.1 Å². The molecule has 0 amide bonds. The summed E-state index contributed by atoms with van der Waals surface area (Å²) in [5.74, 6) is 0.236. The monoisotopic (exact) mass is 292 g/mol. The highest BCUT2D eigenvalue weighted by Gasteiger charge is 2.08. The lowest BCUT2D eigenvalue weighted by Gasteiger charge is -2.08. The van der Waals surface area contributed by atoms with E-state index in [0.29, 0.717) is 17.3 Å². The van der Waals surface area contributed by atoms with Crippen LogP contribution in [-0.2, 0) is 6.42 Å². The third-order valence-electron chi connectivity index (χ3n) is 2.83. The number of hydrogen-bond acceptors (Lipinski definition) is 4. The minimum absolute atomic E-state index is 0.0286. The van der Waals surface area contributed by atoms with Gasteiger partial charge in [-0.05, 0) is 30.2 Å². The Morgan fingerprint density at radius 2 is 1.90 bits per heavy atom. The van der Waals surface area contributed by atoms with Crippen LogP contribution in [0.25, 0.3) is 0 Å². The molecule has 0 heterocycles. The summed E-state index contributed by atoms with van der Waals surface area (Å²) in [6, 6.07) is 11.3. The van der Waals surface area contributed by atoms with Gasteiger partial charge in [0.1, 0.15) is 5.75 Å². The molecule has 6 heteroatoms. The number of non-ortho nitro benzene ring substituents is 1. The lowest BCUT2D eigenvalue weighted by Crippen LogP contribution is -2.05. The summed E-state index contributed by atoms with van der Waals surface area (Å²) in [5, 5.41) is 23.2. The molecule has 0 saturated carbocycles. The number of phenolic OH excluding ortho intramolecular Hbond substituents is 1. The number of hydrogen-bond donors (Lipinski definition) is 2. The summed E-state index contributed by atoms with van der Waals surface area (Å²) in [6.45, 7) is 0.641. The zero-order valence-electron chi connectivity index (χ0n) is 10.5. The van der Waals surface area contributed by atoms with Crippen molar-refractivity contribution in [3.05, 3.63) is 63.2 Å². The molecule has 0 aliphatic heterocycles. The molecular formula is C14H13ClN2O3. The summed E-state index contributed by atoms with van der Waals surface area (Å²) in [6.07, 6.45) is 0.758. The number of nitrogens with zero attached hydrogens (tertiary/aromatic N) is 1. The standard InChI is InChI=1S/C14H13ClN2O3/c15-13-9-11(17(19)20)3-6-14(13)16-8-7-10-1-4-12(18)5-2-10/h1-6,9,16,18H,7-8H2. The maximum atomic E-state index is 10.6. The van der Waals surface area contributed by atoms with E-state index in [4.69, 9.17) is 11.6 Å². The number of nitrogens with one attached hydrogen (secondary N) is 1. The highest BCUT2D eigenvalue weighted by Crippen LogP contribution is 2.26. The lowest BCUT2D eigenvalue weighted by atomic mass is 10.1. The number of aromatic hydroxyl groups is 1. The molecule has 0 aliphatic rings. The topological polar surface area (TPSA) is 75.4 Å². The maximum Gasteiger partial charge on any atom is 0.271 e. The van der Waals surface area contributed by atoms with Crippen LogP contribution in [0.4, 0.5) is 11.4 Å². The van der Waals surface area contributed by atoms with Crippen LogP contribution in [0.3, 0.4) is 0 Å². The van der Waals surface area contributed by atoms with Crippen LogP contribution < -0.4 is 5.32 Å². The summed E-state index contributed by atoms with van der Waals surface area (Å²) < 4.78 is 0. The molecule has 20 heavy (non-hydrogen) atoms. The van der Waals surface area contributed by atoms with Crippen molar-refractivity contribution >= 4 is 23.0 Å². The molecule has 2 N–H and O–H groups in total. The van der Waals surface area contributed by atoms with Crippen molar-refractivity contribution in [3.63, 3.8) is 0 Å². The van der Waals surface area contributed by atoms with E-state index in [2.05, 4.69) is 5.32 Å². The number of anilines is 1. The average Bonchev–Trinajstić information content (AvgIpc) is 2.42. The van der Waals surface area contributed by atoms with Gasteiger partial charge in [-0.2, -0.15) is 0 Å². The molecule has 2 rings (SSSR count). The Balaban J connectivity index is 1.94. The van der Waals surface area contributed by atoms with Gasteiger partial charge in [-0.25, -0.2) is 0 Å². The first-order chi connectivity index (χ1) is 9.56. The van der Waals surface area contributed by atoms with Gasteiger partial charge in [0.25, 0.3) is 5.69 Å². The Morgan fingerprint density at radius 1 is 1.20 bits per heavy atom. The van der Waals surface area contributed by atoms with E-state index in [-0.39, 0.29) is 11.4 Å². The smallest absolute Gasteiger partial charge is 0.271 e. The van der Waals surface area contributed by atoms with Crippen molar-refractivity contribution in [3.8, 4) is 5.75 Å². The highest BCUT2D eigenvalue weighted by molar-refractivity contribution is 6.33. The zero-order valence-corrected chi connectivity index (χ0v) is 11.3. The number of rotatable bonds is 5. The SMILES string of the molecule is O=[N+]([O-])c1ccc(NCCc2ccc(O)cc2)c(Cl)c1. The molecule has 0 unspecified atom stereocenters. The fraction of sp³-hybridized carbons (Fsp3) is 0.143. The van der Waals surface area contributed by atoms with Gasteiger partial charge in [-0.3, -0.25) is 10.1 Å². The van der Waals surface area contributed by atoms with Gasteiger partial charge in [0.2, 0.25) is 0 Å². The Hall–Kier alpha value is -2.27. The second-order valence-electron chi connectivity index (χ2n) is 4.26. The van der Waals surface area contributed by atoms with E-state index in [9.17, 15) is 15.2 Å². The van der Waals surface area contributed by atoms with Gasteiger partial charge in [-0.1, -0.05) is 23.7 Å². The third-order valence-corrected chi connectivity index (χ3v) is 3.14. The van der Waals surface area contributed by atoms with Crippen molar-refractivity contribution in [2.24, 2.45) is 0 Å². The van der Waals surface area contributed by atoms with Gasteiger partial charge >= 0.3 is 0 Å². The molecule has 0 spiro atoms. The first kappa shape index (κ1) is 14.1. The molecule has 0 saturated heterocycles. The van der Waals surface area contributed by atoms with Gasteiger partial charge in [0, 0.05) is 18.7 Å². The molecule has 0 atom stereocenters. The molecule has 104 valence electrons. The van der Waals surface area contributed by atoms with E-state index >= 15 is 0 Å². The molecule has 0 aliphatic carbocycles. The summed E-state index contributed by atoms with van der Waals surface area (Å²) >= 11 is 5.98. The van der Waals surface area contributed by atoms with E-state index in [1.54, 1.807) is 18.2 Å². The Morgan fingerprint density at radius 3 is 2.50 bits per heavy atom. The van der Waals surface area contributed by atoms with Crippen molar-refractivity contribution in [2.75, 3.05) is 11.9 Å². The average molecular weight is 293 g/mol. The molecule has 0 radical (unpaired) electrons. The highest BCUT2D eigenvalue weighted by atomic mass is 35.5. The largest absolute Gasteiger partial charge is 0.508 e. The maximum absolute atomic E-state index is 10.6. The van der Waals surface area contributed by atoms with E-state index in [1.807, 2.05) is 12.1 Å². The van der Waals surface area contributed by atoms with E-state index < -0.39 is 4.92 Å². The number of phenols is 1. The minimum atomic E-state index is -0.480. The summed E-state index contributed by atoms with van der Waals surface area (Å²) in [7, 11) is 0. The first-order valence-electron chi connectivity index (χ1n) is 6.02. The van der Waals surface area contributed by atoms with E-state index in [1.165, 1.54) is 12.1 Å². The molecular weight excluding hydrogens is 280 g/mol. The van der Waals surface area contributed by atoms with Crippen LogP contribution >= 0.6 is 11.6 Å². The van der Waals surface area contributed by atoms with Crippen molar-refractivity contribution < 1.29 is 10.0 Å². The Bertz CT molecular complexity index is 614. The minimum Gasteiger partial charge on any atom is -0.508 e. The summed E-state index contributed by atoms with van der Waals surface area (Å²) in [4.78, 5) is 10.1. The Labute approximate surface area is 121 Å². The lowest BCUT2D eigenvalue weighted by molar-refractivity contribution is -0.384. The molecule has 2 aromatic carbocycles. The van der Waals surface area contributed by atoms with Crippen molar-refractivity contribution in [1.82, 2.24) is 0 Å². The summed E-state index contributed by atoms with van der Waals surface area (Å²) in [5.41, 5.74) is 1.71. The van der Waals surface area contributed by atoms with Crippen LogP contribution in [0.2, 0.25) is 5.02 Å². The van der Waals surface area contributed by atoms with Gasteiger partial charge in [0.15, 0.2) is 0 Å². The Kier molecular flexibility index (Phi) is 4.42. The van der Waals surface area contributed by atoms with Gasteiger partial charge < -0.3 is 10.4 Å². The van der Waals surface area contributed by atoms with Crippen LogP contribution in [-0.4, -0.2) is 16.6 Å². The van der Waals surface area contributed by atoms with Gasteiger partial charge in [-0.15, -0.1) is 0 Å². The second kappa shape index (κ2) is 6.25. The molecule has 0 aromatic heterocycles. The quantitative estimate of drug-likeness (QED) is 0.652. The first-order valence-corrected chi connectivity index (χ1v) is 6.40. The van der Waals surface area contributed by atoms with Gasteiger partial charge in [0.05, 0.1) is 15.6 Å². The molecule has 0 fully saturated rings. The number of benzene rings is 2. The predicted molar refractivity (Wildman–Crippen MR) is 78.4 cm³/mol. The van der Waals surface area contributed by atoms with Crippen LogP contribution in [0.5, 0.6) is 5.75 Å². The number of halogens is 1. The number of nitro benzene ring substituents is 1. The molecule has 2 aromatic rings. The van der Waals surface area contributed by atoms with Crippen molar-refractivity contribution in [2.45, 2.75) is 6.42 Å². The fourth-order valence-corrected chi connectivity index (χ4v) is 2.01. The third kappa shape index (κ3) is 3.61. The molecule has 5 nitrogen and oxygen atoms in total. The second-order valence-corrected chi connectivity index (χ2v) is 4.67. The zero-order chi connectivity index (χ0) is 14.5. The van der Waals surface area contributed by atoms with Crippen LogP contribution in [0.1, 0.15) is 5.56 Å². The van der Waals surface area contributed by atoms with Crippen LogP contribution in [0.15, 0.2) is 42.5 Å². The predicted octanol–water partition coefficient (Wildman–Crippen LogP) is 3.61. The van der Waals surface area contributed by atoms with E-state index in [0.717, 1.165) is 12.0 Å². The van der Waals surface area contributed by atoms with Crippen molar-refractivity contribution in [1.29, 1.82) is 0 Å². The molecule has 0 bridgehead atoms. The fourth-order valence-electron chi connectivity index (χ4n) is 1.77.